The summed E-state index contributed by atoms with van der Waals surface area (Å²) in [4.78, 5) is 4.32. The van der Waals surface area contributed by atoms with Crippen molar-refractivity contribution in [2.75, 3.05) is 0 Å². The van der Waals surface area contributed by atoms with E-state index in [2.05, 4.69) is 39.3 Å². The molecule has 0 atom stereocenters. The Labute approximate surface area is 111 Å². The second-order valence-corrected chi connectivity index (χ2v) is 5.66. The van der Waals surface area contributed by atoms with E-state index in [4.69, 9.17) is 0 Å². The van der Waals surface area contributed by atoms with E-state index in [1.807, 2.05) is 5.51 Å². The second-order valence-electron chi connectivity index (χ2n) is 4.94. The van der Waals surface area contributed by atoms with Crippen LogP contribution in [0.2, 0.25) is 0 Å². The van der Waals surface area contributed by atoms with Crippen LogP contribution in [-0.4, -0.2) is 20.8 Å². The predicted octanol–water partition coefficient (Wildman–Crippen LogP) is 2.26. The molecule has 1 N–H and O–H groups in total. The van der Waals surface area contributed by atoms with E-state index in [9.17, 15) is 0 Å². The summed E-state index contributed by atoms with van der Waals surface area (Å²) in [6.07, 6.45) is 2.65. The van der Waals surface area contributed by atoms with E-state index in [1.54, 1.807) is 11.3 Å². The third kappa shape index (κ3) is 2.47. The van der Waals surface area contributed by atoms with Crippen LogP contribution < -0.4 is 5.32 Å². The lowest BCUT2D eigenvalue weighted by Gasteiger charge is -2.05. The highest BCUT2D eigenvalue weighted by Gasteiger charge is 2.21. The van der Waals surface area contributed by atoms with Crippen molar-refractivity contribution in [3.05, 3.63) is 33.5 Å². The quantitative estimate of drug-likeness (QED) is 0.898. The number of hydrogen-bond acceptors (Lipinski definition) is 4. The Morgan fingerprint density at radius 2 is 2.28 bits per heavy atom. The molecule has 4 nitrogen and oxygen atoms in total. The number of aromatic nitrogens is 3. The van der Waals surface area contributed by atoms with Gasteiger partial charge in [0.25, 0.3) is 0 Å². The van der Waals surface area contributed by atoms with Crippen LogP contribution in [0.3, 0.4) is 0 Å². The summed E-state index contributed by atoms with van der Waals surface area (Å²) in [7, 11) is 0. The van der Waals surface area contributed by atoms with Gasteiger partial charge in [-0.3, -0.25) is 4.68 Å². The Bertz CT molecular complexity index is 525. The molecule has 0 amide bonds. The predicted molar refractivity (Wildman–Crippen MR) is 72.8 cm³/mol. The molecule has 1 saturated carbocycles. The molecule has 2 aromatic heterocycles. The zero-order valence-electron chi connectivity index (χ0n) is 10.8. The molecule has 3 rings (SSSR count). The monoisotopic (exact) mass is 262 g/mol. The van der Waals surface area contributed by atoms with Gasteiger partial charge in [0.15, 0.2) is 0 Å². The topological polar surface area (TPSA) is 42.7 Å². The third-order valence-electron chi connectivity index (χ3n) is 3.47. The van der Waals surface area contributed by atoms with Crippen LogP contribution >= 0.6 is 11.3 Å². The summed E-state index contributed by atoms with van der Waals surface area (Å²) in [6, 6.07) is 0.741. The number of aryl methyl sites for hydroxylation is 1. The zero-order chi connectivity index (χ0) is 12.5. The van der Waals surface area contributed by atoms with Gasteiger partial charge in [0.2, 0.25) is 0 Å². The largest absolute Gasteiger partial charge is 0.310 e. The average molecular weight is 262 g/mol. The van der Waals surface area contributed by atoms with Crippen molar-refractivity contribution in [2.24, 2.45) is 0 Å². The molecule has 1 fully saturated rings. The van der Waals surface area contributed by atoms with Gasteiger partial charge in [-0.25, -0.2) is 4.98 Å². The molecule has 0 aliphatic heterocycles. The number of rotatable bonds is 5. The summed E-state index contributed by atoms with van der Waals surface area (Å²) in [5, 5.41) is 10.3. The van der Waals surface area contributed by atoms with Crippen LogP contribution in [-0.2, 0) is 13.1 Å². The van der Waals surface area contributed by atoms with Crippen molar-refractivity contribution in [1.29, 1.82) is 0 Å². The van der Waals surface area contributed by atoms with Gasteiger partial charge < -0.3 is 5.32 Å². The van der Waals surface area contributed by atoms with Gasteiger partial charge in [0.1, 0.15) is 0 Å². The Morgan fingerprint density at radius 1 is 1.44 bits per heavy atom. The maximum Gasteiger partial charge on any atom is 0.0843 e. The van der Waals surface area contributed by atoms with Crippen LogP contribution in [0, 0.1) is 13.8 Å². The molecular weight excluding hydrogens is 244 g/mol. The summed E-state index contributed by atoms with van der Waals surface area (Å²) in [6.45, 7) is 5.96. The first-order valence-corrected chi connectivity index (χ1v) is 7.31. The summed E-state index contributed by atoms with van der Waals surface area (Å²) in [5.41, 5.74) is 6.70. The lowest BCUT2D eigenvalue weighted by atomic mass is 10.2. The van der Waals surface area contributed by atoms with Crippen LogP contribution in [0.5, 0.6) is 0 Å². The van der Waals surface area contributed by atoms with Crippen LogP contribution in [0.4, 0.5) is 0 Å². The van der Waals surface area contributed by atoms with Crippen molar-refractivity contribution in [3.63, 3.8) is 0 Å². The van der Waals surface area contributed by atoms with Crippen molar-refractivity contribution in [3.8, 4) is 0 Å². The van der Waals surface area contributed by atoms with E-state index in [0.29, 0.717) is 0 Å². The maximum atomic E-state index is 4.62. The highest BCUT2D eigenvalue weighted by atomic mass is 32.1. The first-order chi connectivity index (χ1) is 8.74. The second kappa shape index (κ2) is 4.82. The van der Waals surface area contributed by atoms with Crippen molar-refractivity contribution < 1.29 is 0 Å². The highest BCUT2D eigenvalue weighted by Crippen LogP contribution is 2.21. The maximum absolute atomic E-state index is 4.62. The molecule has 2 aromatic rings. The molecule has 1 aliphatic rings. The molecule has 0 radical (unpaired) electrons. The number of hydrogen-bond donors (Lipinski definition) is 1. The summed E-state index contributed by atoms with van der Waals surface area (Å²) < 4.78 is 2.06. The fourth-order valence-corrected chi connectivity index (χ4v) is 2.70. The minimum atomic E-state index is 0.741. The Hall–Kier alpha value is -1.20. The molecule has 0 aromatic carbocycles. The van der Waals surface area contributed by atoms with Crippen molar-refractivity contribution >= 4 is 11.3 Å². The first-order valence-electron chi connectivity index (χ1n) is 6.37. The minimum absolute atomic E-state index is 0.741. The van der Waals surface area contributed by atoms with Crippen LogP contribution in [0.25, 0.3) is 0 Å². The molecule has 1 aliphatic carbocycles. The van der Waals surface area contributed by atoms with Gasteiger partial charge in [-0.1, -0.05) is 0 Å². The molecule has 18 heavy (non-hydrogen) atoms. The van der Waals surface area contributed by atoms with Crippen LogP contribution in [0.15, 0.2) is 10.9 Å². The fourth-order valence-electron chi connectivity index (χ4n) is 2.15. The van der Waals surface area contributed by atoms with Crippen molar-refractivity contribution in [2.45, 2.75) is 45.8 Å². The highest BCUT2D eigenvalue weighted by molar-refractivity contribution is 7.07. The number of nitrogens with zero attached hydrogens (tertiary/aromatic N) is 3. The van der Waals surface area contributed by atoms with Gasteiger partial charge in [-0.2, -0.15) is 5.10 Å². The van der Waals surface area contributed by atoms with Gasteiger partial charge in [-0.05, 0) is 26.7 Å². The molecule has 0 spiro atoms. The van der Waals surface area contributed by atoms with Gasteiger partial charge in [0.05, 0.1) is 23.4 Å². The van der Waals surface area contributed by atoms with Gasteiger partial charge in [-0.15, -0.1) is 11.3 Å². The molecule has 0 saturated heterocycles. The Morgan fingerprint density at radius 3 is 2.94 bits per heavy atom. The molecule has 0 bridgehead atoms. The summed E-state index contributed by atoms with van der Waals surface area (Å²) >= 11 is 1.63. The average Bonchev–Trinajstić information content (AvgIpc) is 2.96. The zero-order valence-corrected chi connectivity index (χ0v) is 11.6. The lowest BCUT2D eigenvalue weighted by Crippen LogP contribution is -2.16. The Kier molecular flexibility index (Phi) is 3.18. The minimum Gasteiger partial charge on any atom is -0.310 e. The molecule has 2 heterocycles. The molecule has 0 unspecified atom stereocenters. The Balaban J connectivity index is 1.75. The SMILES string of the molecule is Cc1nn(Cc2cscn2)c(C)c1CNC1CC1. The summed E-state index contributed by atoms with van der Waals surface area (Å²) in [5.74, 6) is 0. The van der Waals surface area contributed by atoms with Crippen molar-refractivity contribution in [1.82, 2.24) is 20.1 Å². The normalized spacial score (nSPS) is 15.2. The van der Waals surface area contributed by atoms with Gasteiger partial charge >= 0.3 is 0 Å². The van der Waals surface area contributed by atoms with E-state index in [-0.39, 0.29) is 0 Å². The van der Waals surface area contributed by atoms with E-state index >= 15 is 0 Å². The van der Waals surface area contributed by atoms with Gasteiger partial charge in [0, 0.05) is 29.2 Å². The fraction of sp³-hybridized carbons (Fsp3) is 0.538. The smallest absolute Gasteiger partial charge is 0.0843 e. The molecule has 5 heteroatoms. The lowest BCUT2D eigenvalue weighted by molar-refractivity contribution is 0.644. The van der Waals surface area contributed by atoms with E-state index in [0.717, 1.165) is 30.5 Å². The van der Waals surface area contributed by atoms with E-state index < -0.39 is 0 Å². The number of nitrogens with one attached hydrogen (secondary N) is 1. The molecule has 96 valence electrons. The third-order valence-corrected chi connectivity index (χ3v) is 4.11. The van der Waals surface area contributed by atoms with E-state index in [1.165, 1.54) is 24.1 Å². The van der Waals surface area contributed by atoms with Crippen LogP contribution in [0.1, 0.15) is 35.5 Å². The first kappa shape index (κ1) is 11.9. The molecular formula is C13H18N4S. The standard InChI is InChI=1S/C13H18N4S/c1-9-13(5-14-11-3-4-11)10(2)17(16-9)6-12-7-18-8-15-12/h7-8,11,14H,3-6H2,1-2H3. The number of thiazole rings is 1.